The number of likely N-dealkylation sites (tertiary alicyclic amines) is 1. The summed E-state index contributed by atoms with van der Waals surface area (Å²) < 4.78 is 23.9. The maximum absolute atomic E-state index is 14.7. The maximum atomic E-state index is 14.7. The molecule has 15 heteroatoms. The van der Waals surface area contributed by atoms with Crippen LogP contribution in [0.4, 0.5) is 0 Å². The van der Waals surface area contributed by atoms with Crippen molar-refractivity contribution < 1.29 is 53.4 Å². The Morgan fingerprint density at radius 1 is 0.966 bits per heavy atom. The Bertz CT molecular complexity index is 2060. The summed E-state index contributed by atoms with van der Waals surface area (Å²) in [5.74, 6) is -7.24. The molecule has 1 aliphatic carbocycles. The zero-order valence-electron chi connectivity index (χ0n) is 35.5. The predicted molar refractivity (Wildman–Crippen MR) is 218 cm³/mol. The highest BCUT2D eigenvalue weighted by atomic mass is 16.7. The molecule has 59 heavy (non-hydrogen) atoms. The van der Waals surface area contributed by atoms with Crippen LogP contribution in [0.5, 0.6) is 11.5 Å². The number of amides is 1. The number of carbonyl (C=O) groups is 4. The molecule has 1 fully saturated rings. The normalized spacial score (nSPS) is 34.7. The molecule has 1 aromatic carbocycles. The van der Waals surface area contributed by atoms with Crippen molar-refractivity contribution in [1.29, 1.82) is 0 Å². The third-order valence-electron chi connectivity index (χ3n) is 12.8. The number of methoxy groups -OCH3 is 1. The van der Waals surface area contributed by atoms with Crippen LogP contribution in [-0.2, 0) is 23.8 Å². The lowest BCUT2D eigenvalue weighted by Crippen LogP contribution is -2.54. The number of hydrogen-bond acceptors (Lipinski definition) is 14. The minimum atomic E-state index is -1.97. The van der Waals surface area contributed by atoms with Gasteiger partial charge in [0.15, 0.2) is 0 Å². The van der Waals surface area contributed by atoms with Gasteiger partial charge in [0.05, 0.1) is 52.6 Å². The number of hydrogen-bond donors (Lipinski definition) is 5. The van der Waals surface area contributed by atoms with Crippen molar-refractivity contribution in [3.63, 3.8) is 0 Å². The molecule has 5 N–H and O–H groups in total. The number of phenolic OH excluding ortho intramolecular Hbond substituents is 1. The number of ketones is 2. The average Bonchev–Trinajstić information content (AvgIpc) is 3.47. The molecule has 5 bridgehead atoms. The molecule has 4 heterocycles. The topological polar surface area (TPSA) is 206 Å². The molecule has 1 amide bonds. The van der Waals surface area contributed by atoms with Crippen molar-refractivity contribution in [1.82, 2.24) is 15.5 Å². The quantitative estimate of drug-likeness (QED) is 0.271. The largest absolute Gasteiger partial charge is 0.507 e. The highest BCUT2D eigenvalue weighted by Crippen LogP contribution is 2.49. The number of piperidine rings is 1. The first-order valence-electron chi connectivity index (χ1n) is 20.3. The van der Waals surface area contributed by atoms with Crippen LogP contribution in [0.15, 0.2) is 52.5 Å². The maximum Gasteiger partial charge on any atom is 0.312 e. The number of nitrogens with one attached hydrogen (secondary N) is 2. The van der Waals surface area contributed by atoms with Crippen LogP contribution in [0, 0.1) is 30.6 Å². The van der Waals surface area contributed by atoms with Crippen molar-refractivity contribution in [2.45, 2.75) is 104 Å². The average molecular weight is 819 g/mol. The molecule has 0 radical (unpaired) electrons. The van der Waals surface area contributed by atoms with Gasteiger partial charge in [-0.25, -0.2) is 0 Å². The van der Waals surface area contributed by atoms with E-state index in [9.17, 15) is 34.5 Å². The van der Waals surface area contributed by atoms with Gasteiger partial charge in [0, 0.05) is 81.0 Å². The lowest BCUT2D eigenvalue weighted by atomic mass is 9.78. The lowest BCUT2D eigenvalue weighted by molar-refractivity contribution is -0.160. The zero-order chi connectivity index (χ0) is 43.3. The Hall–Kier alpha value is -4.83. The number of aromatic hydroxyl groups is 1. The number of benzene rings is 1. The predicted octanol–water partition coefficient (Wildman–Crippen LogP) is 3.63. The highest BCUT2D eigenvalue weighted by molar-refractivity contribution is 6.34. The van der Waals surface area contributed by atoms with Gasteiger partial charge in [-0.1, -0.05) is 45.9 Å². The summed E-state index contributed by atoms with van der Waals surface area (Å²) >= 11 is 0. The Kier molecular flexibility index (Phi) is 12.4. The number of nitrogens with zero attached hydrogens (tertiary/aromatic N) is 2. The van der Waals surface area contributed by atoms with Gasteiger partial charge in [0.2, 0.25) is 5.78 Å². The molecule has 4 aliphatic heterocycles. The Morgan fingerprint density at radius 3 is 2.29 bits per heavy atom. The number of aliphatic hydroxyl groups excluding tert-OH is 2. The van der Waals surface area contributed by atoms with E-state index in [1.165, 1.54) is 34.1 Å². The molecule has 320 valence electrons. The number of fused-ring (bicyclic) bond motifs is 3. The molecule has 1 aromatic rings. The van der Waals surface area contributed by atoms with Crippen LogP contribution in [0.3, 0.4) is 0 Å². The standard InChI is InChI=1S/C44H58N4O11/c1-21-12-11-13-22(2)42(55)46-34-33-32(47-44(20-45-33)15-17-48(9)18-16-44)29-30(38(34)53)37(52)26(6)40-31(29)41(54)43(8,59-40)57-19-14-28(56-10)23(3)39(58-27(7)49)25(5)36(51)24(4)35(21)50/h11-14,19,21,23-25,28,35-36,39,45,50-52H,15-18,20H2,1-10H3,(H,46,55)/b12-11+,19-14+,22-13-/t21-,23+,24+,25+,28-,35-,36+,39+,43-/m0/s1. The Labute approximate surface area is 345 Å². The van der Waals surface area contributed by atoms with E-state index in [1.54, 1.807) is 58.9 Å². The number of allylic oxidation sites excluding steroid dienone is 4. The molecule has 0 unspecified atom stereocenters. The third-order valence-corrected chi connectivity index (χ3v) is 12.8. The summed E-state index contributed by atoms with van der Waals surface area (Å²) in [4.78, 5) is 62.9. The van der Waals surface area contributed by atoms with Crippen LogP contribution in [0.1, 0.15) is 93.2 Å². The second-order valence-corrected chi connectivity index (χ2v) is 17.1. The molecular weight excluding hydrogens is 761 g/mol. The highest BCUT2D eigenvalue weighted by Gasteiger charge is 2.53. The second kappa shape index (κ2) is 16.7. The van der Waals surface area contributed by atoms with Crippen LogP contribution in [0.2, 0.25) is 0 Å². The van der Waals surface area contributed by atoms with Gasteiger partial charge < -0.3 is 49.8 Å². The minimum Gasteiger partial charge on any atom is -0.507 e. The number of aliphatic hydroxyl groups is 2. The van der Waals surface area contributed by atoms with E-state index < -0.39 is 88.6 Å². The number of Topliss-reactive ketones (excluding diaryl/α,β-unsaturated/α-hetero) is 2. The van der Waals surface area contributed by atoms with E-state index in [4.69, 9.17) is 23.9 Å². The van der Waals surface area contributed by atoms with Crippen molar-refractivity contribution in [3.8, 4) is 11.5 Å². The Balaban J connectivity index is 1.51. The zero-order valence-corrected chi connectivity index (χ0v) is 35.5. The first-order chi connectivity index (χ1) is 27.8. The van der Waals surface area contributed by atoms with E-state index in [1.807, 2.05) is 7.05 Å². The van der Waals surface area contributed by atoms with Crippen LogP contribution in [0.25, 0.3) is 0 Å². The van der Waals surface area contributed by atoms with Gasteiger partial charge in [-0.2, -0.15) is 0 Å². The van der Waals surface area contributed by atoms with Gasteiger partial charge in [0.1, 0.15) is 23.3 Å². The van der Waals surface area contributed by atoms with Crippen LogP contribution in [-0.4, -0.2) is 119 Å². The summed E-state index contributed by atoms with van der Waals surface area (Å²) in [5, 5.41) is 40.8. The number of ether oxygens (including phenoxy) is 4. The number of carbonyl (C=O) groups excluding carboxylic acids is 4. The number of phenols is 1. The van der Waals surface area contributed by atoms with E-state index in [-0.39, 0.29) is 50.7 Å². The summed E-state index contributed by atoms with van der Waals surface area (Å²) in [7, 11) is 3.50. The molecule has 0 saturated carbocycles. The minimum absolute atomic E-state index is 0.0171. The number of esters is 1. The van der Waals surface area contributed by atoms with Crippen molar-refractivity contribution in [2.24, 2.45) is 28.7 Å². The lowest BCUT2D eigenvalue weighted by Gasteiger charge is -2.43. The molecule has 0 aromatic heterocycles. The van der Waals surface area contributed by atoms with Crippen LogP contribution >= 0.6 is 0 Å². The molecule has 1 saturated heterocycles. The van der Waals surface area contributed by atoms with Gasteiger partial charge in [0.25, 0.3) is 11.7 Å². The fourth-order valence-corrected chi connectivity index (χ4v) is 8.84. The van der Waals surface area contributed by atoms with Gasteiger partial charge in [-0.05, 0) is 39.8 Å². The summed E-state index contributed by atoms with van der Waals surface area (Å²) in [6.45, 7) is 14.7. The molecule has 1 spiro atoms. The molecule has 6 rings (SSSR count). The van der Waals surface area contributed by atoms with Crippen molar-refractivity contribution in [3.05, 3.63) is 69.8 Å². The SMILES string of the molecule is CO[C@H]1/C=C/O[C@@]2(C)Oc3c(C)c(O)c4c(c3C2=O)C2=NC3(CCN(C)CC3)CNC2=C(NC(=O)/C(C)=C\C=C\[C@H](C)[C@H](O)[C@@H](C)[C@@H](O)[C@@H](C)[C@H](OC(C)=O)[C@@H]1C)C4=O. The summed E-state index contributed by atoms with van der Waals surface area (Å²) in [6, 6.07) is 0. The fourth-order valence-electron chi connectivity index (χ4n) is 8.84. The number of rotatable bonds is 2. The van der Waals surface area contributed by atoms with Crippen molar-refractivity contribution in [2.75, 3.05) is 33.8 Å². The van der Waals surface area contributed by atoms with E-state index in [2.05, 4.69) is 15.5 Å². The van der Waals surface area contributed by atoms with Crippen LogP contribution < -0.4 is 15.4 Å². The monoisotopic (exact) mass is 818 g/mol. The fraction of sp³-hybridized carbons (Fsp3) is 0.568. The van der Waals surface area contributed by atoms with Crippen molar-refractivity contribution >= 4 is 29.2 Å². The van der Waals surface area contributed by atoms with Gasteiger partial charge >= 0.3 is 11.8 Å². The van der Waals surface area contributed by atoms with E-state index in [0.717, 1.165) is 13.1 Å². The smallest absolute Gasteiger partial charge is 0.312 e. The van der Waals surface area contributed by atoms with Gasteiger partial charge in [-0.15, -0.1) is 0 Å². The summed E-state index contributed by atoms with van der Waals surface area (Å²) in [5.41, 5.74) is 0.0530. The van der Waals surface area contributed by atoms with E-state index in [0.29, 0.717) is 19.4 Å². The molecule has 15 nitrogen and oxygen atoms in total. The van der Waals surface area contributed by atoms with E-state index >= 15 is 0 Å². The summed E-state index contributed by atoms with van der Waals surface area (Å²) in [6.07, 6.45) is 5.26. The molecular formula is C44H58N4O11. The third kappa shape index (κ3) is 7.97. The second-order valence-electron chi connectivity index (χ2n) is 17.1. The number of aliphatic imine (C=N–C) groups is 1. The first kappa shape index (κ1) is 43.7. The van der Waals surface area contributed by atoms with Gasteiger partial charge in [-0.3, -0.25) is 24.2 Å². The Morgan fingerprint density at radius 2 is 1.64 bits per heavy atom. The molecule has 9 atom stereocenters. The molecule has 5 aliphatic rings. The first-order valence-corrected chi connectivity index (χ1v) is 20.3.